The minimum Gasteiger partial charge on any atom is -0.269 e. The van der Waals surface area contributed by atoms with Crippen LogP contribution in [0, 0.1) is 6.92 Å². The quantitative estimate of drug-likeness (QED) is 0.739. The molecule has 0 spiro atoms. The molecule has 1 aliphatic rings. The van der Waals surface area contributed by atoms with Crippen LogP contribution in [0.2, 0.25) is 0 Å². The van der Waals surface area contributed by atoms with Crippen LogP contribution >= 0.6 is 0 Å². The first kappa shape index (κ1) is 14.3. The van der Waals surface area contributed by atoms with E-state index in [2.05, 4.69) is 5.10 Å². The Bertz CT molecular complexity index is 948. The van der Waals surface area contributed by atoms with E-state index in [0.717, 1.165) is 24.0 Å². The first-order chi connectivity index (χ1) is 11.1. The average Bonchev–Trinajstić information content (AvgIpc) is 3.07. The standard InChI is InChI=1S/C17H17N3O2S/c1-13-4-8-16(9-5-13)23(21,22)20-10-2-3-17(20)14-11-18-19(12-14)15-6-7-15/h2-5,8-12,15H,6-7H2,1H3. The van der Waals surface area contributed by atoms with Gasteiger partial charge in [-0.15, -0.1) is 0 Å². The Kier molecular flexibility index (Phi) is 3.16. The zero-order valence-corrected chi connectivity index (χ0v) is 13.6. The smallest absolute Gasteiger partial charge is 0.268 e. The molecule has 2 heterocycles. The maximum absolute atomic E-state index is 12.9. The molecule has 6 heteroatoms. The van der Waals surface area contributed by atoms with Gasteiger partial charge in [-0.05, 0) is 44.0 Å². The lowest BCUT2D eigenvalue weighted by Gasteiger charge is -2.09. The summed E-state index contributed by atoms with van der Waals surface area (Å²) >= 11 is 0. The SMILES string of the molecule is Cc1ccc(S(=O)(=O)n2cccc2-c2cnn(C3CC3)c2)cc1. The van der Waals surface area contributed by atoms with E-state index in [1.165, 1.54) is 3.97 Å². The average molecular weight is 327 g/mol. The van der Waals surface area contributed by atoms with Crippen molar-refractivity contribution in [2.75, 3.05) is 0 Å². The first-order valence-corrected chi connectivity index (χ1v) is 9.04. The lowest BCUT2D eigenvalue weighted by molar-refractivity contribution is 0.588. The van der Waals surface area contributed by atoms with Crippen molar-refractivity contribution in [3.63, 3.8) is 0 Å². The Morgan fingerprint density at radius 2 is 1.87 bits per heavy atom. The predicted octanol–water partition coefficient (Wildman–Crippen LogP) is 3.23. The van der Waals surface area contributed by atoms with Crippen LogP contribution in [-0.2, 0) is 10.0 Å². The summed E-state index contributed by atoms with van der Waals surface area (Å²) in [6, 6.07) is 10.9. The zero-order valence-electron chi connectivity index (χ0n) is 12.8. The van der Waals surface area contributed by atoms with Crippen LogP contribution in [-0.4, -0.2) is 22.2 Å². The maximum Gasteiger partial charge on any atom is 0.268 e. The van der Waals surface area contributed by atoms with Crippen LogP contribution < -0.4 is 0 Å². The molecule has 4 rings (SSSR count). The molecule has 0 aliphatic heterocycles. The van der Waals surface area contributed by atoms with Crippen molar-refractivity contribution >= 4 is 10.0 Å². The van der Waals surface area contributed by atoms with Gasteiger partial charge in [0.1, 0.15) is 0 Å². The highest BCUT2D eigenvalue weighted by Crippen LogP contribution is 2.35. The zero-order chi connectivity index (χ0) is 16.0. The van der Waals surface area contributed by atoms with Crippen molar-refractivity contribution in [3.05, 3.63) is 60.6 Å². The summed E-state index contributed by atoms with van der Waals surface area (Å²) in [4.78, 5) is 0.287. The number of nitrogens with zero attached hydrogens (tertiary/aromatic N) is 3. The summed E-state index contributed by atoms with van der Waals surface area (Å²) in [5.74, 6) is 0. The lowest BCUT2D eigenvalue weighted by atomic mass is 10.2. The van der Waals surface area contributed by atoms with Crippen molar-refractivity contribution < 1.29 is 8.42 Å². The fraction of sp³-hybridized carbons (Fsp3) is 0.235. The molecule has 0 N–H and O–H groups in total. The third-order valence-electron chi connectivity index (χ3n) is 4.11. The summed E-state index contributed by atoms with van der Waals surface area (Å²) in [5, 5.41) is 4.35. The summed E-state index contributed by atoms with van der Waals surface area (Å²) < 4.78 is 29.0. The number of rotatable bonds is 4. The van der Waals surface area contributed by atoms with Gasteiger partial charge < -0.3 is 0 Å². The van der Waals surface area contributed by atoms with E-state index in [4.69, 9.17) is 0 Å². The molecule has 23 heavy (non-hydrogen) atoms. The maximum atomic E-state index is 12.9. The molecule has 0 saturated heterocycles. The molecule has 5 nitrogen and oxygen atoms in total. The van der Waals surface area contributed by atoms with Gasteiger partial charge in [0.05, 0.1) is 22.8 Å². The Hall–Kier alpha value is -2.34. The molecule has 118 valence electrons. The monoisotopic (exact) mass is 327 g/mol. The Labute approximate surface area is 135 Å². The molecule has 0 bridgehead atoms. The highest BCUT2D eigenvalue weighted by Gasteiger charge is 2.25. The van der Waals surface area contributed by atoms with Gasteiger partial charge in [-0.2, -0.15) is 5.10 Å². The van der Waals surface area contributed by atoms with Gasteiger partial charge in [-0.3, -0.25) is 4.68 Å². The molecule has 1 aromatic carbocycles. The summed E-state index contributed by atoms with van der Waals surface area (Å²) in [6.07, 6.45) is 7.52. The van der Waals surface area contributed by atoms with E-state index in [9.17, 15) is 8.42 Å². The van der Waals surface area contributed by atoms with E-state index >= 15 is 0 Å². The predicted molar refractivity (Wildman–Crippen MR) is 87.7 cm³/mol. The third-order valence-corrected chi connectivity index (χ3v) is 5.81. The van der Waals surface area contributed by atoms with E-state index in [1.807, 2.05) is 17.8 Å². The van der Waals surface area contributed by atoms with Gasteiger partial charge in [-0.1, -0.05) is 17.7 Å². The summed E-state index contributed by atoms with van der Waals surface area (Å²) in [6.45, 7) is 1.93. The van der Waals surface area contributed by atoms with Crippen molar-refractivity contribution in [1.29, 1.82) is 0 Å². The van der Waals surface area contributed by atoms with Crippen LogP contribution in [0.1, 0.15) is 24.4 Å². The largest absolute Gasteiger partial charge is 0.269 e. The van der Waals surface area contributed by atoms with Gasteiger partial charge >= 0.3 is 0 Å². The normalized spacial score (nSPS) is 15.0. The highest BCUT2D eigenvalue weighted by molar-refractivity contribution is 7.90. The van der Waals surface area contributed by atoms with E-state index in [-0.39, 0.29) is 4.90 Å². The van der Waals surface area contributed by atoms with E-state index < -0.39 is 10.0 Å². The van der Waals surface area contributed by atoms with Crippen LogP contribution in [0.15, 0.2) is 59.9 Å². The third kappa shape index (κ3) is 2.49. The van der Waals surface area contributed by atoms with Crippen LogP contribution in [0.25, 0.3) is 11.3 Å². The van der Waals surface area contributed by atoms with Crippen molar-refractivity contribution in [2.24, 2.45) is 0 Å². The molecule has 1 aliphatic carbocycles. The molecular weight excluding hydrogens is 310 g/mol. The molecule has 3 aromatic rings. The summed E-state index contributed by atoms with van der Waals surface area (Å²) in [5.41, 5.74) is 2.48. The van der Waals surface area contributed by atoms with E-state index in [0.29, 0.717) is 11.7 Å². The molecule has 2 aromatic heterocycles. The second-order valence-electron chi connectivity index (χ2n) is 5.95. The minimum atomic E-state index is -3.61. The van der Waals surface area contributed by atoms with Crippen molar-refractivity contribution in [2.45, 2.75) is 30.7 Å². The molecule has 1 saturated carbocycles. The Morgan fingerprint density at radius 1 is 1.13 bits per heavy atom. The molecule has 0 unspecified atom stereocenters. The number of hydrogen-bond acceptors (Lipinski definition) is 3. The minimum absolute atomic E-state index is 0.287. The number of hydrogen-bond donors (Lipinski definition) is 0. The van der Waals surface area contributed by atoms with Crippen LogP contribution in [0.4, 0.5) is 0 Å². The van der Waals surface area contributed by atoms with Gasteiger partial charge in [0, 0.05) is 18.0 Å². The fourth-order valence-electron chi connectivity index (χ4n) is 2.63. The van der Waals surface area contributed by atoms with E-state index in [1.54, 1.807) is 48.8 Å². The Balaban J connectivity index is 1.77. The van der Waals surface area contributed by atoms with Crippen molar-refractivity contribution in [1.82, 2.24) is 13.8 Å². The van der Waals surface area contributed by atoms with Gasteiger partial charge in [0.2, 0.25) is 0 Å². The first-order valence-electron chi connectivity index (χ1n) is 7.60. The van der Waals surface area contributed by atoms with Crippen LogP contribution in [0.5, 0.6) is 0 Å². The molecule has 1 fully saturated rings. The van der Waals surface area contributed by atoms with Crippen molar-refractivity contribution in [3.8, 4) is 11.3 Å². The number of aromatic nitrogens is 3. The summed E-state index contributed by atoms with van der Waals surface area (Å²) in [7, 11) is -3.61. The lowest BCUT2D eigenvalue weighted by Crippen LogP contribution is -2.13. The second kappa shape index (κ2) is 5.09. The van der Waals surface area contributed by atoms with Gasteiger partial charge in [0.25, 0.3) is 10.0 Å². The molecule has 0 amide bonds. The van der Waals surface area contributed by atoms with Gasteiger partial charge in [0.15, 0.2) is 0 Å². The van der Waals surface area contributed by atoms with Crippen LogP contribution in [0.3, 0.4) is 0 Å². The fourth-order valence-corrected chi connectivity index (χ4v) is 3.99. The highest BCUT2D eigenvalue weighted by atomic mass is 32.2. The number of aryl methyl sites for hydroxylation is 1. The Morgan fingerprint density at radius 3 is 2.57 bits per heavy atom. The number of benzene rings is 1. The van der Waals surface area contributed by atoms with Gasteiger partial charge in [-0.25, -0.2) is 12.4 Å². The topological polar surface area (TPSA) is 56.9 Å². The molecule has 0 atom stereocenters. The molecule has 0 radical (unpaired) electrons. The second-order valence-corrected chi connectivity index (χ2v) is 7.76. The molecular formula is C17H17N3O2S.